The number of ether oxygens (including phenoxy) is 2. The number of benzene rings is 1. The van der Waals surface area contributed by atoms with Crippen LogP contribution < -0.4 is 10.1 Å². The van der Waals surface area contributed by atoms with Crippen LogP contribution in [0, 0.1) is 29.6 Å². The lowest BCUT2D eigenvalue weighted by molar-refractivity contribution is -0.122. The first kappa shape index (κ1) is 20.0. The fraction of sp³-hybridized carbons (Fsp3) is 0.263. The van der Waals surface area contributed by atoms with E-state index in [9.17, 15) is 14.9 Å². The van der Waals surface area contributed by atoms with Gasteiger partial charge in [-0.05, 0) is 44.5 Å². The van der Waals surface area contributed by atoms with Gasteiger partial charge in [0.2, 0.25) is 0 Å². The van der Waals surface area contributed by atoms with E-state index in [1.807, 2.05) is 12.1 Å². The second kappa shape index (κ2) is 8.84. The lowest BCUT2D eigenvalue weighted by Crippen LogP contribution is -2.30. The summed E-state index contributed by atoms with van der Waals surface area (Å²) in [6, 6.07) is 10.4. The minimum atomic E-state index is -0.876. The predicted octanol–water partition coefficient (Wildman–Crippen LogP) is 3.38. The number of amides is 1. The van der Waals surface area contributed by atoms with Crippen LogP contribution in [-0.2, 0) is 9.53 Å². The first-order valence-electron chi connectivity index (χ1n) is 8.09. The Morgan fingerprint density at radius 2 is 2.04 bits per heavy atom. The number of nitriles is 2. The SMILES string of the molecule is CCOC(=O)c1sc(NC(=O)C(C)Oc2cccc(C#N)c2)c(C#N)c1C. The largest absolute Gasteiger partial charge is 0.481 e. The number of carbonyl (C=O) groups excluding carboxylic acids is 2. The van der Waals surface area contributed by atoms with Gasteiger partial charge >= 0.3 is 5.97 Å². The molecular weight excluding hydrogens is 366 g/mol. The van der Waals surface area contributed by atoms with E-state index in [4.69, 9.17) is 14.7 Å². The summed E-state index contributed by atoms with van der Waals surface area (Å²) in [5, 5.41) is 21.2. The summed E-state index contributed by atoms with van der Waals surface area (Å²) in [5.41, 5.74) is 1.10. The van der Waals surface area contributed by atoms with Gasteiger partial charge in [-0.3, -0.25) is 4.79 Å². The van der Waals surface area contributed by atoms with Crippen molar-refractivity contribution in [1.82, 2.24) is 0 Å². The molecule has 1 amide bonds. The third-order valence-corrected chi connectivity index (χ3v) is 4.79. The molecule has 0 aliphatic heterocycles. The molecule has 0 saturated heterocycles. The molecule has 2 rings (SSSR count). The highest BCUT2D eigenvalue weighted by Crippen LogP contribution is 2.33. The molecule has 1 heterocycles. The van der Waals surface area contributed by atoms with Crippen LogP contribution in [0.15, 0.2) is 24.3 Å². The topological polar surface area (TPSA) is 112 Å². The molecule has 1 unspecified atom stereocenters. The van der Waals surface area contributed by atoms with E-state index in [-0.39, 0.29) is 22.0 Å². The molecule has 8 heteroatoms. The Morgan fingerprint density at radius 1 is 1.30 bits per heavy atom. The van der Waals surface area contributed by atoms with Crippen molar-refractivity contribution in [1.29, 1.82) is 10.5 Å². The maximum absolute atomic E-state index is 12.4. The molecule has 1 atom stereocenters. The number of carbonyl (C=O) groups is 2. The molecule has 0 radical (unpaired) electrons. The third-order valence-electron chi connectivity index (χ3n) is 3.60. The molecule has 138 valence electrons. The highest BCUT2D eigenvalue weighted by molar-refractivity contribution is 7.18. The first-order valence-corrected chi connectivity index (χ1v) is 8.91. The number of esters is 1. The summed E-state index contributed by atoms with van der Waals surface area (Å²) in [5.74, 6) is -0.632. The van der Waals surface area contributed by atoms with Gasteiger partial charge in [-0.1, -0.05) is 6.07 Å². The molecule has 2 aromatic rings. The third kappa shape index (κ3) is 4.63. The quantitative estimate of drug-likeness (QED) is 0.765. The maximum Gasteiger partial charge on any atom is 0.348 e. The van der Waals surface area contributed by atoms with Crippen molar-refractivity contribution in [3.8, 4) is 17.9 Å². The van der Waals surface area contributed by atoms with E-state index in [0.717, 1.165) is 11.3 Å². The maximum atomic E-state index is 12.4. The zero-order valence-corrected chi connectivity index (χ0v) is 15.8. The first-order chi connectivity index (χ1) is 12.9. The fourth-order valence-corrected chi connectivity index (χ4v) is 3.29. The van der Waals surface area contributed by atoms with Gasteiger partial charge in [-0.25, -0.2) is 4.79 Å². The molecule has 0 aliphatic rings. The van der Waals surface area contributed by atoms with Gasteiger partial charge in [0, 0.05) is 0 Å². The average Bonchev–Trinajstić information content (AvgIpc) is 2.97. The van der Waals surface area contributed by atoms with E-state index in [1.165, 1.54) is 6.07 Å². The van der Waals surface area contributed by atoms with Crippen LogP contribution >= 0.6 is 11.3 Å². The summed E-state index contributed by atoms with van der Waals surface area (Å²) in [6.45, 7) is 5.08. The van der Waals surface area contributed by atoms with Crippen LogP contribution in [0.3, 0.4) is 0 Å². The van der Waals surface area contributed by atoms with Gasteiger partial charge < -0.3 is 14.8 Å². The number of hydrogen-bond acceptors (Lipinski definition) is 7. The van der Waals surface area contributed by atoms with Gasteiger partial charge in [0.15, 0.2) is 6.10 Å². The minimum absolute atomic E-state index is 0.215. The highest BCUT2D eigenvalue weighted by Gasteiger charge is 2.24. The minimum Gasteiger partial charge on any atom is -0.481 e. The average molecular weight is 383 g/mol. The Kier molecular flexibility index (Phi) is 6.53. The second-order valence-corrected chi connectivity index (χ2v) is 6.50. The molecule has 1 aromatic heterocycles. The highest BCUT2D eigenvalue weighted by atomic mass is 32.1. The van der Waals surface area contributed by atoms with Crippen molar-refractivity contribution >= 4 is 28.2 Å². The molecule has 1 N–H and O–H groups in total. The Balaban J connectivity index is 2.17. The fourth-order valence-electron chi connectivity index (χ4n) is 2.24. The lowest BCUT2D eigenvalue weighted by atomic mass is 10.1. The molecule has 27 heavy (non-hydrogen) atoms. The van der Waals surface area contributed by atoms with E-state index in [2.05, 4.69) is 5.32 Å². The van der Waals surface area contributed by atoms with Gasteiger partial charge in [-0.2, -0.15) is 10.5 Å². The number of nitrogens with zero attached hydrogens (tertiary/aromatic N) is 2. The number of nitrogens with one attached hydrogen (secondary N) is 1. The molecular formula is C19H17N3O4S. The van der Waals surface area contributed by atoms with Crippen molar-refractivity contribution in [2.24, 2.45) is 0 Å². The molecule has 7 nitrogen and oxygen atoms in total. The molecule has 1 aromatic carbocycles. The van der Waals surface area contributed by atoms with E-state index >= 15 is 0 Å². The van der Waals surface area contributed by atoms with E-state index < -0.39 is 18.0 Å². The van der Waals surface area contributed by atoms with Crippen LogP contribution in [0.1, 0.15) is 40.2 Å². The normalized spacial score (nSPS) is 11.0. The van der Waals surface area contributed by atoms with Crippen LogP contribution in [0.2, 0.25) is 0 Å². The van der Waals surface area contributed by atoms with Crippen molar-refractivity contribution in [3.63, 3.8) is 0 Å². The van der Waals surface area contributed by atoms with Crippen molar-refractivity contribution in [2.45, 2.75) is 26.9 Å². The van der Waals surface area contributed by atoms with E-state index in [0.29, 0.717) is 16.9 Å². The van der Waals surface area contributed by atoms with Gasteiger partial charge in [-0.15, -0.1) is 11.3 Å². The summed E-state index contributed by atoms with van der Waals surface area (Å²) < 4.78 is 10.5. The number of anilines is 1. The van der Waals surface area contributed by atoms with Crippen molar-refractivity contribution < 1.29 is 19.1 Å². The summed E-state index contributed by atoms with van der Waals surface area (Å²) in [4.78, 5) is 24.7. The number of rotatable bonds is 6. The number of hydrogen-bond donors (Lipinski definition) is 1. The van der Waals surface area contributed by atoms with Crippen LogP contribution in [0.25, 0.3) is 0 Å². The van der Waals surface area contributed by atoms with Crippen LogP contribution in [0.4, 0.5) is 5.00 Å². The molecule has 0 bridgehead atoms. The van der Waals surface area contributed by atoms with Crippen molar-refractivity contribution in [2.75, 3.05) is 11.9 Å². The Bertz CT molecular complexity index is 953. The Labute approximate surface area is 160 Å². The molecule has 0 spiro atoms. The van der Waals surface area contributed by atoms with E-state index in [1.54, 1.807) is 39.0 Å². The molecule has 0 fully saturated rings. The Hall–Kier alpha value is -3.36. The standard InChI is InChI=1S/C19H17N3O4S/c1-4-25-19(24)16-11(2)15(10-21)18(27-16)22-17(23)12(3)26-14-7-5-6-13(8-14)9-20/h5-8,12H,4H2,1-3H3,(H,22,23). The Morgan fingerprint density at radius 3 is 2.67 bits per heavy atom. The molecule has 0 aliphatic carbocycles. The second-order valence-electron chi connectivity index (χ2n) is 5.48. The number of thiophene rings is 1. The van der Waals surface area contributed by atoms with Gasteiger partial charge in [0.25, 0.3) is 5.91 Å². The molecule has 0 saturated carbocycles. The van der Waals surface area contributed by atoms with Crippen LogP contribution in [0.5, 0.6) is 5.75 Å². The lowest BCUT2D eigenvalue weighted by Gasteiger charge is -2.14. The van der Waals surface area contributed by atoms with Crippen molar-refractivity contribution in [3.05, 3.63) is 45.8 Å². The smallest absolute Gasteiger partial charge is 0.348 e. The van der Waals surface area contributed by atoms with Gasteiger partial charge in [0.1, 0.15) is 21.7 Å². The summed E-state index contributed by atoms with van der Waals surface area (Å²) >= 11 is 0.989. The summed E-state index contributed by atoms with van der Waals surface area (Å²) in [7, 11) is 0. The monoisotopic (exact) mass is 383 g/mol. The summed E-state index contributed by atoms with van der Waals surface area (Å²) in [6.07, 6.45) is -0.876. The predicted molar refractivity (Wildman–Crippen MR) is 99.6 cm³/mol. The zero-order valence-electron chi connectivity index (χ0n) is 15.0. The van der Waals surface area contributed by atoms with Crippen LogP contribution in [-0.4, -0.2) is 24.6 Å². The van der Waals surface area contributed by atoms with Gasteiger partial charge in [0.05, 0.1) is 23.8 Å². The zero-order chi connectivity index (χ0) is 20.0.